The van der Waals surface area contributed by atoms with Crippen molar-refractivity contribution in [3.63, 3.8) is 0 Å². The Morgan fingerprint density at radius 2 is 1.95 bits per heavy atom. The van der Waals surface area contributed by atoms with Crippen molar-refractivity contribution in [3.8, 4) is 5.75 Å². The van der Waals surface area contributed by atoms with Gasteiger partial charge in [0.1, 0.15) is 5.75 Å². The Bertz CT molecular complexity index is 502. The van der Waals surface area contributed by atoms with Crippen molar-refractivity contribution in [3.05, 3.63) is 27.8 Å². The van der Waals surface area contributed by atoms with Crippen molar-refractivity contribution in [1.29, 1.82) is 0 Å². The molecule has 118 valence electrons. The number of rotatable bonds is 4. The third-order valence-corrected chi connectivity index (χ3v) is 4.79. The summed E-state index contributed by atoms with van der Waals surface area (Å²) in [6, 6.07) is 1.92. The van der Waals surface area contributed by atoms with Crippen LogP contribution in [0.15, 0.2) is 6.07 Å². The van der Waals surface area contributed by atoms with E-state index in [2.05, 4.69) is 17.1 Å². The zero-order chi connectivity index (χ0) is 15.6. The largest absolute Gasteiger partial charge is 0.496 e. The van der Waals surface area contributed by atoms with E-state index in [1.165, 1.54) is 0 Å². The molecule has 1 aliphatic heterocycles. The first-order valence-electron chi connectivity index (χ1n) is 7.43. The van der Waals surface area contributed by atoms with E-state index in [1.54, 1.807) is 7.11 Å². The van der Waals surface area contributed by atoms with E-state index < -0.39 is 6.10 Å². The smallest absolute Gasteiger partial charge is 0.127 e. The van der Waals surface area contributed by atoms with Crippen molar-refractivity contribution >= 4 is 11.6 Å². The number of methoxy groups -OCH3 is 1. The molecule has 0 aliphatic carbocycles. The first-order chi connectivity index (χ1) is 9.97. The molecule has 5 heteroatoms. The molecule has 21 heavy (non-hydrogen) atoms. The van der Waals surface area contributed by atoms with Crippen molar-refractivity contribution in [2.24, 2.45) is 0 Å². The van der Waals surface area contributed by atoms with Crippen molar-refractivity contribution < 1.29 is 9.84 Å². The highest BCUT2D eigenvalue weighted by atomic mass is 35.5. The number of piperazine rings is 1. The molecular weight excluding hydrogens is 288 g/mol. The third kappa shape index (κ3) is 3.34. The number of aliphatic hydroxyl groups excluding tert-OH is 1. The van der Waals surface area contributed by atoms with Gasteiger partial charge < -0.3 is 15.2 Å². The maximum Gasteiger partial charge on any atom is 0.127 e. The Morgan fingerprint density at radius 1 is 1.33 bits per heavy atom. The van der Waals surface area contributed by atoms with Crippen molar-refractivity contribution in [1.82, 2.24) is 10.2 Å². The van der Waals surface area contributed by atoms with Gasteiger partial charge in [0.15, 0.2) is 0 Å². The molecular formula is C16H25ClN2O2. The molecule has 0 amide bonds. The Balaban J connectivity index is 2.35. The van der Waals surface area contributed by atoms with E-state index in [1.807, 2.05) is 19.9 Å². The SMILES string of the molecule is COc1c(C)cc(Cl)c(C)c1C(O)C(C)N1CCNCC1. The van der Waals surface area contributed by atoms with Crippen molar-refractivity contribution in [2.45, 2.75) is 32.9 Å². The fraction of sp³-hybridized carbons (Fsp3) is 0.625. The molecule has 1 aromatic rings. The predicted molar refractivity (Wildman–Crippen MR) is 86.3 cm³/mol. The first-order valence-corrected chi connectivity index (χ1v) is 7.81. The predicted octanol–water partition coefficient (Wildman–Crippen LogP) is 2.29. The lowest BCUT2D eigenvalue weighted by Gasteiger charge is -2.36. The lowest BCUT2D eigenvalue weighted by molar-refractivity contribution is 0.0490. The van der Waals surface area contributed by atoms with Gasteiger partial charge in [-0.15, -0.1) is 0 Å². The number of ether oxygens (including phenoxy) is 1. The lowest BCUT2D eigenvalue weighted by Crippen LogP contribution is -2.49. The zero-order valence-electron chi connectivity index (χ0n) is 13.2. The molecule has 0 radical (unpaired) electrons. The molecule has 0 aromatic heterocycles. The minimum absolute atomic E-state index is 0.0255. The highest BCUT2D eigenvalue weighted by molar-refractivity contribution is 6.31. The second kappa shape index (κ2) is 6.97. The summed E-state index contributed by atoms with van der Waals surface area (Å²) in [6.45, 7) is 9.76. The molecule has 1 aliphatic rings. The molecule has 1 heterocycles. The highest BCUT2D eigenvalue weighted by Gasteiger charge is 2.29. The van der Waals surface area contributed by atoms with Crippen LogP contribution < -0.4 is 10.1 Å². The fourth-order valence-electron chi connectivity index (χ4n) is 3.03. The monoisotopic (exact) mass is 312 g/mol. The van der Waals surface area contributed by atoms with Gasteiger partial charge in [-0.3, -0.25) is 4.90 Å². The van der Waals surface area contributed by atoms with Crippen LogP contribution in [0.25, 0.3) is 0 Å². The molecule has 4 nitrogen and oxygen atoms in total. The Morgan fingerprint density at radius 3 is 2.52 bits per heavy atom. The zero-order valence-corrected chi connectivity index (χ0v) is 14.0. The summed E-state index contributed by atoms with van der Waals surface area (Å²) in [5.41, 5.74) is 2.66. The van der Waals surface area contributed by atoms with Gasteiger partial charge in [0.2, 0.25) is 0 Å². The van der Waals surface area contributed by atoms with Crippen LogP contribution >= 0.6 is 11.6 Å². The number of hydrogen-bond acceptors (Lipinski definition) is 4. The van der Waals surface area contributed by atoms with Crippen molar-refractivity contribution in [2.75, 3.05) is 33.3 Å². The quantitative estimate of drug-likeness (QED) is 0.895. The van der Waals surface area contributed by atoms with Crippen LogP contribution in [-0.2, 0) is 0 Å². The van der Waals surface area contributed by atoms with Gasteiger partial charge in [0.25, 0.3) is 0 Å². The van der Waals surface area contributed by atoms with E-state index in [9.17, 15) is 5.11 Å². The minimum Gasteiger partial charge on any atom is -0.496 e. The average Bonchev–Trinajstić information content (AvgIpc) is 2.50. The molecule has 0 spiro atoms. The maximum atomic E-state index is 10.9. The van der Waals surface area contributed by atoms with Gasteiger partial charge in [0, 0.05) is 42.8 Å². The topological polar surface area (TPSA) is 44.7 Å². The van der Waals surface area contributed by atoms with Gasteiger partial charge in [0.05, 0.1) is 13.2 Å². The van der Waals surface area contributed by atoms with E-state index >= 15 is 0 Å². The van der Waals surface area contributed by atoms with E-state index in [0.29, 0.717) is 5.02 Å². The van der Waals surface area contributed by atoms with Crippen LogP contribution in [0.4, 0.5) is 0 Å². The molecule has 1 aromatic carbocycles. The van der Waals surface area contributed by atoms with Crippen LogP contribution in [0, 0.1) is 13.8 Å². The molecule has 2 unspecified atom stereocenters. The van der Waals surface area contributed by atoms with Crippen LogP contribution in [0.2, 0.25) is 5.02 Å². The molecule has 2 atom stereocenters. The number of aliphatic hydroxyl groups is 1. The standard InChI is InChI=1S/C16H25ClN2O2/c1-10-9-13(17)11(2)14(16(10)21-4)15(20)12(3)19-7-5-18-6-8-19/h9,12,15,18,20H,5-8H2,1-4H3. The number of nitrogens with one attached hydrogen (secondary N) is 1. The summed E-state index contributed by atoms with van der Waals surface area (Å²) in [5.74, 6) is 0.742. The van der Waals surface area contributed by atoms with Gasteiger partial charge in [-0.2, -0.15) is 0 Å². The van der Waals surface area contributed by atoms with Crippen LogP contribution in [0.3, 0.4) is 0 Å². The average molecular weight is 313 g/mol. The fourth-order valence-corrected chi connectivity index (χ4v) is 3.30. The second-order valence-corrected chi connectivity index (χ2v) is 6.13. The molecule has 2 rings (SSSR count). The van der Waals surface area contributed by atoms with Gasteiger partial charge >= 0.3 is 0 Å². The second-order valence-electron chi connectivity index (χ2n) is 5.72. The third-order valence-electron chi connectivity index (χ3n) is 4.39. The molecule has 2 N–H and O–H groups in total. The van der Waals surface area contributed by atoms with Crippen LogP contribution in [0.1, 0.15) is 29.7 Å². The Kier molecular flexibility index (Phi) is 5.49. The summed E-state index contributed by atoms with van der Waals surface area (Å²) in [5, 5.41) is 14.9. The lowest BCUT2D eigenvalue weighted by atomic mass is 9.94. The molecule has 1 fully saturated rings. The van der Waals surface area contributed by atoms with Crippen LogP contribution in [-0.4, -0.2) is 49.3 Å². The highest BCUT2D eigenvalue weighted by Crippen LogP contribution is 2.38. The van der Waals surface area contributed by atoms with Gasteiger partial charge in [-0.1, -0.05) is 11.6 Å². The van der Waals surface area contributed by atoms with E-state index in [-0.39, 0.29) is 6.04 Å². The van der Waals surface area contributed by atoms with E-state index in [4.69, 9.17) is 16.3 Å². The molecule has 0 saturated carbocycles. The van der Waals surface area contributed by atoms with Gasteiger partial charge in [-0.25, -0.2) is 0 Å². The minimum atomic E-state index is -0.615. The summed E-state index contributed by atoms with van der Waals surface area (Å²) in [4.78, 5) is 2.30. The number of aryl methyl sites for hydroxylation is 1. The van der Waals surface area contributed by atoms with E-state index in [0.717, 1.165) is 48.6 Å². The van der Waals surface area contributed by atoms with Crippen LogP contribution in [0.5, 0.6) is 5.75 Å². The molecule has 0 bridgehead atoms. The summed E-state index contributed by atoms with van der Waals surface area (Å²) >= 11 is 6.29. The maximum absolute atomic E-state index is 10.9. The number of nitrogens with zero attached hydrogens (tertiary/aromatic N) is 1. The Labute approximate surface area is 132 Å². The normalized spacial score (nSPS) is 19.3. The Hall–Kier alpha value is -0.810. The number of halogens is 1. The first kappa shape index (κ1) is 16.6. The number of benzene rings is 1. The summed E-state index contributed by atoms with van der Waals surface area (Å²) < 4.78 is 5.52. The summed E-state index contributed by atoms with van der Waals surface area (Å²) in [6.07, 6.45) is -0.615. The number of hydrogen-bond donors (Lipinski definition) is 2. The molecule has 1 saturated heterocycles. The summed E-state index contributed by atoms with van der Waals surface area (Å²) in [7, 11) is 1.64. The van der Waals surface area contributed by atoms with Gasteiger partial charge in [-0.05, 0) is 38.0 Å².